The summed E-state index contributed by atoms with van der Waals surface area (Å²) in [7, 11) is 0. The van der Waals surface area contributed by atoms with Crippen molar-refractivity contribution in [1.29, 1.82) is 0 Å². The van der Waals surface area contributed by atoms with Crippen molar-refractivity contribution in [3.05, 3.63) is 100 Å². The Hall–Kier alpha value is -2.79. The zero-order valence-corrected chi connectivity index (χ0v) is 14.9. The number of hydrogen-bond donors (Lipinski definition) is 1. The van der Waals surface area contributed by atoms with Crippen molar-refractivity contribution < 1.29 is 4.92 Å². The molecule has 4 rings (SSSR count). The summed E-state index contributed by atoms with van der Waals surface area (Å²) in [6.45, 7) is 0. The summed E-state index contributed by atoms with van der Waals surface area (Å²) in [6.07, 6.45) is 0.852. The van der Waals surface area contributed by atoms with Crippen molar-refractivity contribution in [3.8, 4) is 0 Å². The van der Waals surface area contributed by atoms with Crippen LogP contribution in [0.2, 0.25) is 0 Å². The van der Waals surface area contributed by atoms with E-state index in [1.54, 1.807) is 30.0 Å². The number of anilines is 1. The average molecular weight is 362 g/mol. The molecule has 1 aliphatic heterocycles. The van der Waals surface area contributed by atoms with Gasteiger partial charge in [0.25, 0.3) is 5.69 Å². The van der Waals surface area contributed by atoms with E-state index in [9.17, 15) is 10.1 Å². The van der Waals surface area contributed by atoms with Crippen LogP contribution in [0.3, 0.4) is 0 Å². The van der Waals surface area contributed by atoms with Crippen molar-refractivity contribution in [2.45, 2.75) is 22.6 Å². The molecule has 0 saturated carbocycles. The van der Waals surface area contributed by atoms with Crippen LogP contribution in [-0.2, 0) is 0 Å². The first-order chi connectivity index (χ1) is 12.7. The van der Waals surface area contributed by atoms with E-state index >= 15 is 0 Å². The van der Waals surface area contributed by atoms with Gasteiger partial charge in [0, 0.05) is 28.0 Å². The lowest BCUT2D eigenvalue weighted by molar-refractivity contribution is -0.384. The van der Waals surface area contributed by atoms with Crippen LogP contribution in [0.25, 0.3) is 0 Å². The SMILES string of the molecule is O=[N+]([O-])c1cccc(C2CC(c3ccccc3)Nc3ccccc3S2)c1. The molecule has 5 heteroatoms. The van der Waals surface area contributed by atoms with Crippen LogP contribution in [0, 0.1) is 10.1 Å². The Morgan fingerprint density at radius 2 is 1.65 bits per heavy atom. The number of para-hydroxylation sites is 1. The highest BCUT2D eigenvalue weighted by molar-refractivity contribution is 7.99. The topological polar surface area (TPSA) is 55.2 Å². The van der Waals surface area contributed by atoms with Crippen molar-refractivity contribution in [2.75, 3.05) is 5.32 Å². The molecular formula is C21H18N2O2S. The van der Waals surface area contributed by atoms with Crippen LogP contribution in [0.15, 0.2) is 83.8 Å². The van der Waals surface area contributed by atoms with Crippen molar-refractivity contribution in [1.82, 2.24) is 0 Å². The highest BCUT2D eigenvalue weighted by Gasteiger charge is 2.26. The summed E-state index contributed by atoms with van der Waals surface area (Å²) in [4.78, 5) is 12.0. The Morgan fingerprint density at radius 3 is 2.46 bits per heavy atom. The maximum Gasteiger partial charge on any atom is 0.269 e. The number of non-ortho nitro benzene ring substituents is 1. The summed E-state index contributed by atoms with van der Waals surface area (Å²) in [5.74, 6) is 0. The molecule has 0 saturated heterocycles. The molecule has 0 fully saturated rings. The number of benzene rings is 3. The Labute approximate surface area is 156 Å². The minimum absolute atomic E-state index is 0.135. The fraction of sp³-hybridized carbons (Fsp3) is 0.143. The monoisotopic (exact) mass is 362 g/mol. The maximum atomic E-state index is 11.2. The van der Waals surface area contributed by atoms with E-state index in [0.717, 1.165) is 17.7 Å². The third kappa shape index (κ3) is 3.44. The number of thioether (sulfide) groups is 1. The third-order valence-electron chi connectivity index (χ3n) is 4.59. The second-order valence-corrected chi connectivity index (χ2v) is 7.54. The Bertz CT molecular complexity index is 930. The zero-order valence-electron chi connectivity index (χ0n) is 14.0. The van der Waals surface area contributed by atoms with Gasteiger partial charge in [-0.3, -0.25) is 10.1 Å². The van der Waals surface area contributed by atoms with E-state index in [-0.39, 0.29) is 21.9 Å². The molecule has 0 amide bonds. The molecule has 1 heterocycles. The normalized spacial score (nSPS) is 19.1. The molecule has 26 heavy (non-hydrogen) atoms. The minimum Gasteiger partial charge on any atom is -0.377 e. The summed E-state index contributed by atoms with van der Waals surface area (Å²) < 4.78 is 0. The van der Waals surface area contributed by atoms with Crippen LogP contribution in [0.4, 0.5) is 11.4 Å². The summed E-state index contributed by atoms with van der Waals surface area (Å²) in [6, 6.07) is 25.8. The van der Waals surface area contributed by atoms with Gasteiger partial charge in [0.15, 0.2) is 0 Å². The van der Waals surface area contributed by atoms with E-state index in [2.05, 4.69) is 29.6 Å². The maximum absolute atomic E-state index is 11.2. The molecule has 0 radical (unpaired) electrons. The number of nitro groups is 1. The fourth-order valence-corrected chi connectivity index (χ4v) is 4.59. The van der Waals surface area contributed by atoms with E-state index in [4.69, 9.17) is 0 Å². The number of rotatable bonds is 3. The second kappa shape index (κ2) is 7.22. The number of fused-ring (bicyclic) bond motifs is 1. The lowest BCUT2D eigenvalue weighted by Crippen LogP contribution is -2.11. The van der Waals surface area contributed by atoms with Gasteiger partial charge in [-0.05, 0) is 29.7 Å². The molecule has 0 aromatic heterocycles. The van der Waals surface area contributed by atoms with E-state index in [0.29, 0.717) is 0 Å². The first kappa shape index (κ1) is 16.7. The van der Waals surface area contributed by atoms with Crippen LogP contribution in [0.1, 0.15) is 28.8 Å². The molecule has 2 atom stereocenters. The standard InChI is InChI=1S/C21H18N2O2S/c24-23(25)17-10-6-9-16(13-17)21-14-19(15-7-2-1-3-8-15)22-18-11-4-5-12-20(18)26-21/h1-13,19,21-22H,14H2. The zero-order chi connectivity index (χ0) is 17.9. The van der Waals surface area contributed by atoms with Crippen LogP contribution < -0.4 is 5.32 Å². The molecule has 3 aromatic rings. The van der Waals surface area contributed by atoms with Crippen molar-refractivity contribution >= 4 is 23.1 Å². The Kier molecular flexibility index (Phi) is 4.63. The van der Waals surface area contributed by atoms with Crippen LogP contribution in [-0.4, -0.2) is 4.92 Å². The van der Waals surface area contributed by atoms with Crippen LogP contribution in [0.5, 0.6) is 0 Å². The molecule has 4 nitrogen and oxygen atoms in total. The van der Waals surface area contributed by atoms with E-state index in [1.165, 1.54) is 10.5 Å². The number of hydrogen-bond acceptors (Lipinski definition) is 4. The summed E-state index contributed by atoms with van der Waals surface area (Å²) >= 11 is 1.76. The van der Waals surface area contributed by atoms with Gasteiger partial charge in [-0.25, -0.2) is 0 Å². The lowest BCUT2D eigenvalue weighted by atomic mass is 9.98. The lowest BCUT2D eigenvalue weighted by Gasteiger charge is -2.21. The molecule has 0 aliphatic carbocycles. The smallest absolute Gasteiger partial charge is 0.269 e. The third-order valence-corrected chi connectivity index (χ3v) is 5.95. The Morgan fingerprint density at radius 1 is 0.923 bits per heavy atom. The quantitative estimate of drug-likeness (QED) is 0.459. The molecule has 1 aliphatic rings. The molecule has 0 spiro atoms. The fourth-order valence-electron chi connectivity index (χ4n) is 3.30. The predicted octanol–water partition coefficient (Wildman–Crippen LogP) is 5.99. The van der Waals surface area contributed by atoms with Gasteiger partial charge >= 0.3 is 0 Å². The Balaban J connectivity index is 1.75. The largest absolute Gasteiger partial charge is 0.377 e. The van der Waals surface area contributed by atoms with Gasteiger partial charge in [0.1, 0.15) is 0 Å². The molecule has 2 unspecified atom stereocenters. The highest BCUT2D eigenvalue weighted by atomic mass is 32.2. The summed E-state index contributed by atoms with van der Waals surface area (Å²) in [5, 5.41) is 15.0. The number of nitrogens with zero attached hydrogens (tertiary/aromatic N) is 1. The predicted molar refractivity (Wildman–Crippen MR) is 106 cm³/mol. The second-order valence-electron chi connectivity index (χ2n) is 6.30. The van der Waals surface area contributed by atoms with Gasteiger partial charge in [-0.2, -0.15) is 0 Å². The molecule has 3 aromatic carbocycles. The number of nitro benzene ring substituents is 1. The van der Waals surface area contributed by atoms with Crippen molar-refractivity contribution in [3.63, 3.8) is 0 Å². The van der Waals surface area contributed by atoms with Gasteiger partial charge in [-0.1, -0.05) is 54.6 Å². The first-order valence-corrected chi connectivity index (χ1v) is 9.40. The number of nitrogens with one attached hydrogen (secondary N) is 1. The summed E-state index contributed by atoms with van der Waals surface area (Å²) in [5.41, 5.74) is 3.47. The van der Waals surface area contributed by atoms with E-state index < -0.39 is 0 Å². The molecule has 130 valence electrons. The van der Waals surface area contributed by atoms with Gasteiger partial charge < -0.3 is 5.32 Å². The minimum atomic E-state index is -0.328. The molecular weight excluding hydrogens is 344 g/mol. The van der Waals surface area contributed by atoms with Gasteiger partial charge in [0.2, 0.25) is 0 Å². The van der Waals surface area contributed by atoms with Crippen molar-refractivity contribution in [2.24, 2.45) is 0 Å². The van der Waals surface area contributed by atoms with Crippen LogP contribution >= 0.6 is 11.8 Å². The highest BCUT2D eigenvalue weighted by Crippen LogP contribution is 2.48. The van der Waals surface area contributed by atoms with Gasteiger partial charge in [0.05, 0.1) is 11.0 Å². The van der Waals surface area contributed by atoms with E-state index in [1.807, 2.05) is 36.4 Å². The average Bonchev–Trinajstić information content (AvgIpc) is 2.88. The molecule has 0 bridgehead atoms. The molecule has 1 N–H and O–H groups in total. The van der Waals surface area contributed by atoms with Gasteiger partial charge in [-0.15, -0.1) is 11.8 Å². The first-order valence-electron chi connectivity index (χ1n) is 8.52.